The van der Waals surface area contributed by atoms with E-state index >= 15 is 0 Å². The Labute approximate surface area is 206 Å². The molecule has 1 saturated heterocycles. The second-order valence-electron chi connectivity index (χ2n) is 10.0. The number of nitrogens with one attached hydrogen (secondary N) is 1. The average Bonchev–Trinajstić information content (AvgIpc) is 3.43. The van der Waals surface area contributed by atoms with Crippen LogP contribution >= 0.6 is 0 Å². The van der Waals surface area contributed by atoms with Crippen LogP contribution in [-0.2, 0) is 23.1 Å². The highest BCUT2D eigenvalue weighted by molar-refractivity contribution is 7.87. The maximum Gasteiger partial charge on any atom is 0.402 e. The van der Waals surface area contributed by atoms with E-state index < -0.39 is 28.5 Å². The van der Waals surface area contributed by atoms with Crippen LogP contribution in [0.1, 0.15) is 24.0 Å². The Bertz CT molecular complexity index is 1440. The number of rotatable bonds is 3. The molecule has 6 rings (SSSR count). The van der Waals surface area contributed by atoms with Crippen LogP contribution in [0.15, 0.2) is 55.0 Å². The van der Waals surface area contributed by atoms with E-state index in [0.717, 1.165) is 29.5 Å². The first-order valence-corrected chi connectivity index (χ1v) is 13.2. The van der Waals surface area contributed by atoms with Gasteiger partial charge in [-0.3, -0.25) is 0 Å². The zero-order valence-electron chi connectivity index (χ0n) is 19.2. The number of aromatic nitrogens is 2. The molecule has 2 heterocycles. The summed E-state index contributed by atoms with van der Waals surface area (Å²) in [6.45, 7) is -1.64. The standard InChI is InChI=1S/C25H24F4N4O2S/c26-21-2-1-3-22(11-21)32-12-23(30-15-32)17-5-4-16-9-19-6-7-20(10-18(16)8-17)24(19)13-33(14-25(27,28)29)36(34,35)31-24/h1-5,8,11-12,15,19-20,31H,6-7,9-10,13-14H2/t19-,20+,24+/m0/s1. The van der Waals surface area contributed by atoms with Crippen molar-refractivity contribution in [1.29, 1.82) is 0 Å². The molecule has 3 aromatic rings. The van der Waals surface area contributed by atoms with Gasteiger partial charge in [-0.2, -0.15) is 30.6 Å². The Kier molecular flexibility index (Phi) is 5.33. The van der Waals surface area contributed by atoms with Crippen LogP contribution in [0.2, 0.25) is 0 Å². The molecule has 6 nitrogen and oxygen atoms in total. The Morgan fingerprint density at radius 1 is 1.06 bits per heavy atom. The zero-order chi connectivity index (χ0) is 25.3. The van der Waals surface area contributed by atoms with Crippen molar-refractivity contribution in [2.75, 3.05) is 13.1 Å². The summed E-state index contributed by atoms with van der Waals surface area (Å²) in [6.07, 6.45) is 1.54. The molecule has 3 aliphatic rings. The van der Waals surface area contributed by atoms with E-state index in [2.05, 4.69) is 9.71 Å². The molecule has 2 fully saturated rings. The normalized spacial score (nSPS) is 27.3. The van der Waals surface area contributed by atoms with Crippen molar-refractivity contribution in [2.45, 2.75) is 37.4 Å². The van der Waals surface area contributed by atoms with Crippen molar-refractivity contribution in [3.05, 3.63) is 71.9 Å². The second-order valence-corrected chi connectivity index (χ2v) is 11.7. The molecule has 1 aliphatic heterocycles. The third kappa shape index (κ3) is 4.03. The van der Waals surface area contributed by atoms with Gasteiger partial charge < -0.3 is 4.57 Å². The topological polar surface area (TPSA) is 67.2 Å². The number of nitrogens with zero attached hydrogens (tertiary/aromatic N) is 3. The highest BCUT2D eigenvalue weighted by Crippen LogP contribution is 2.50. The van der Waals surface area contributed by atoms with Gasteiger partial charge in [0.1, 0.15) is 12.4 Å². The highest BCUT2D eigenvalue weighted by atomic mass is 32.2. The van der Waals surface area contributed by atoms with E-state index in [-0.39, 0.29) is 24.2 Å². The van der Waals surface area contributed by atoms with Gasteiger partial charge in [0.2, 0.25) is 0 Å². The van der Waals surface area contributed by atoms with Crippen LogP contribution < -0.4 is 4.72 Å². The van der Waals surface area contributed by atoms with E-state index in [1.165, 1.54) is 12.1 Å². The number of halogens is 4. The zero-order valence-corrected chi connectivity index (χ0v) is 20.0. The predicted molar refractivity (Wildman–Crippen MR) is 125 cm³/mol. The highest BCUT2D eigenvalue weighted by Gasteiger charge is 2.60. The van der Waals surface area contributed by atoms with E-state index in [9.17, 15) is 26.0 Å². The van der Waals surface area contributed by atoms with Crippen LogP contribution in [0.5, 0.6) is 0 Å². The van der Waals surface area contributed by atoms with Crippen molar-refractivity contribution >= 4 is 10.2 Å². The number of alkyl halides is 3. The summed E-state index contributed by atoms with van der Waals surface area (Å²) in [4.78, 5) is 4.48. The minimum absolute atomic E-state index is 0.0743. The van der Waals surface area contributed by atoms with Gasteiger partial charge in [0.15, 0.2) is 0 Å². The van der Waals surface area contributed by atoms with Gasteiger partial charge in [-0.1, -0.05) is 18.2 Å². The van der Waals surface area contributed by atoms with Gasteiger partial charge in [-0.25, -0.2) is 9.37 Å². The fraction of sp³-hybridized carbons (Fsp3) is 0.400. The maximum atomic E-state index is 13.6. The van der Waals surface area contributed by atoms with Crippen LogP contribution in [-0.4, -0.2) is 47.1 Å². The first-order chi connectivity index (χ1) is 17.0. The summed E-state index contributed by atoms with van der Waals surface area (Å²) in [5.41, 5.74) is 3.49. The fourth-order valence-electron chi connectivity index (χ4n) is 6.25. The number of hydrogen-bond acceptors (Lipinski definition) is 3. The second kappa shape index (κ2) is 8.12. The van der Waals surface area contributed by atoms with Gasteiger partial charge >= 0.3 is 6.18 Å². The Morgan fingerprint density at radius 3 is 2.53 bits per heavy atom. The number of imidazole rings is 1. The Hall–Kier alpha value is -2.76. The molecule has 36 heavy (non-hydrogen) atoms. The van der Waals surface area contributed by atoms with Crippen molar-refractivity contribution < 1.29 is 26.0 Å². The van der Waals surface area contributed by atoms with Gasteiger partial charge in [0, 0.05) is 24.0 Å². The molecule has 3 atom stereocenters. The molecule has 0 amide bonds. The van der Waals surface area contributed by atoms with Crippen LogP contribution in [0.25, 0.3) is 16.9 Å². The first-order valence-electron chi connectivity index (χ1n) is 11.8. The largest absolute Gasteiger partial charge is 0.402 e. The lowest BCUT2D eigenvalue weighted by Gasteiger charge is -2.33. The SMILES string of the molecule is O=S1(=O)N[C@@]2(CN1CC(F)(F)F)[C@@H]1CC[C@H]2Cc2ccc(-c3cn(-c4cccc(F)c4)cn3)cc2C1. The molecular weight excluding hydrogens is 496 g/mol. The summed E-state index contributed by atoms with van der Waals surface area (Å²) >= 11 is 0. The minimum Gasteiger partial charge on any atom is -0.306 e. The molecule has 190 valence electrons. The molecule has 1 spiro atoms. The molecule has 1 N–H and O–H groups in total. The fourth-order valence-corrected chi connectivity index (χ4v) is 7.96. The number of fused-ring (bicyclic) bond motifs is 1. The quantitative estimate of drug-likeness (QED) is 0.525. The summed E-state index contributed by atoms with van der Waals surface area (Å²) in [7, 11) is -4.21. The summed E-state index contributed by atoms with van der Waals surface area (Å²) in [6, 6.07) is 12.2. The third-order valence-corrected chi connectivity index (χ3v) is 9.47. The monoisotopic (exact) mass is 520 g/mol. The van der Waals surface area contributed by atoms with Gasteiger partial charge in [0.25, 0.3) is 10.2 Å². The molecule has 2 aromatic carbocycles. The summed E-state index contributed by atoms with van der Waals surface area (Å²) < 4.78 is 83.2. The van der Waals surface area contributed by atoms with Gasteiger partial charge in [-0.05, 0) is 72.9 Å². The van der Waals surface area contributed by atoms with E-state index in [4.69, 9.17) is 0 Å². The van der Waals surface area contributed by atoms with Crippen LogP contribution in [0.3, 0.4) is 0 Å². The molecule has 1 aromatic heterocycles. The van der Waals surface area contributed by atoms with Crippen molar-refractivity contribution in [1.82, 2.24) is 18.6 Å². The maximum absolute atomic E-state index is 13.6. The Morgan fingerprint density at radius 2 is 1.81 bits per heavy atom. The molecule has 11 heteroatoms. The smallest absolute Gasteiger partial charge is 0.306 e. The lowest BCUT2D eigenvalue weighted by atomic mass is 9.79. The molecule has 2 bridgehead atoms. The third-order valence-electron chi connectivity index (χ3n) is 7.90. The van der Waals surface area contributed by atoms with Gasteiger partial charge in [-0.15, -0.1) is 0 Å². The average molecular weight is 521 g/mol. The van der Waals surface area contributed by atoms with E-state index in [1.807, 2.05) is 24.4 Å². The summed E-state index contributed by atoms with van der Waals surface area (Å²) in [5, 5.41) is 0. The van der Waals surface area contributed by atoms with E-state index in [0.29, 0.717) is 28.5 Å². The molecular formula is C25H24F4N4O2S. The Balaban J connectivity index is 1.29. The lowest BCUT2D eigenvalue weighted by molar-refractivity contribution is -0.136. The minimum atomic E-state index is -4.60. The van der Waals surface area contributed by atoms with E-state index in [1.54, 1.807) is 23.0 Å². The predicted octanol–water partition coefficient (Wildman–Crippen LogP) is 4.25. The van der Waals surface area contributed by atoms with Crippen LogP contribution in [0, 0.1) is 17.7 Å². The van der Waals surface area contributed by atoms with Crippen molar-refractivity contribution in [3.8, 4) is 16.9 Å². The van der Waals surface area contributed by atoms with Crippen LogP contribution in [0.4, 0.5) is 17.6 Å². The van der Waals surface area contributed by atoms with Crippen molar-refractivity contribution in [2.24, 2.45) is 11.8 Å². The molecule has 1 saturated carbocycles. The lowest BCUT2D eigenvalue weighted by Crippen LogP contribution is -2.52. The van der Waals surface area contributed by atoms with Gasteiger partial charge in [0.05, 0.1) is 17.6 Å². The molecule has 0 radical (unpaired) electrons. The summed E-state index contributed by atoms with van der Waals surface area (Å²) in [5.74, 6) is -0.514. The number of hydrogen-bond donors (Lipinski definition) is 1. The first kappa shape index (κ1) is 23.6. The van der Waals surface area contributed by atoms with Crippen molar-refractivity contribution in [3.63, 3.8) is 0 Å². The molecule has 2 aliphatic carbocycles. The number of benzene rings is 2. The molecule has 0 unspecified atom stereocenters.